The van der Waals surface area contributed by atoms with Crippen molar-refractivity contribution in [1.82, 2.24) is 0 Å². The first-order valence-corrected chi connectivity index (χ1v) is 13.6. The standard InChI is InChI=1S/C21H38N.C8H10O8/c1-4-5-6-7-8-9-10-11-12-16-19-22(2,3)20-21-17-14-13-15-18-21;1-4(9)16-6(12)3-8(15,7(13)14)2-5(10)11/h13-15,17-18H,4-12,16,19-20H2,1-3H3;15H,2-3H2,1H3,(H,10,11)(H,13,14)/q+1;. The van der Waals surface area contributed by atoms with E-state index in [1.807, 2.05) is 0 Å². The molecule has 1 atom stereocenters. The Morgan fingerprint density at radius 2 is 1.32 bits per heavy atom. The fourth-order valence-electron chi connectivity index (χ4n) is 4.08. The smallest absolute Gasteiger partial charge is 0.336 e. The molecule has 0 aliphatic rings. The molecule has 1 aromatic carbocycles. The first kappa shape index (κ1) is 35.2. The number of ether oxygens (including phenoxy) is 1. The third kappa shape index (κ3) is 18.5. The van der Waals surface area contributed by atoms with Gasteiger partial charge in [0.2, 0.25) is 0 Å². The van der Waals surface area contributed by atoms with Crippen molar-refractivity contribution in [2.24, 2.45) is 0 Å². The molecule has 9 heteroatoms. The number of hydrogen-bond donors (Lipinski definition) is 3. The lowest BCUT2D eigenvalue weighted by Gasteiger charge is -2.30. The van der Waals surface area contributed by atoms with Crippen molar-refractivity contribution < 1.29 is 43.7 Å². The summed E-state index contributed by atoms with van der Waals surface area (Å²) in [6, 6.07) is 10.9. The van der Waals surface area contributed by atoms with Gasteiger partial charge < -0.3 is 24.5 Å². The number of benzene rings is 1. The summed E-state index contributed by atoms with van der Waals surface area (Å²) in [4.78, 5) is 42.1. The third-order valence-electron chi connectivity index (χ3n) is 6.11. The Bertz CT molecular complexity index is 840. The van der Waals surface area contributed by atoms with Gasteiger partial charge in [-0.1, -0.05) is 88.6 Å². The quantitative estimate of drug-likeness (QED) is 0.103. The van der Waals surface area contributed by atoms with E-state index in [-0.39, 0.29) is 0 Å². The normalized spacial score (nSPS) is 12.6. The van der Waals surface area contributed by atoms with Gasteiger partial charge in [0.05, 0.1) is 33.5 Å². The van der Waals surface area contributed by atoms with Crippen LogP contribution in [0.2, 0.25) is 0 Å². The largest absolute Gasteiger partial charge is 0.481 e. The zero-order valence-electron chi connectivity index (χ0n) is 23.6. The highest BCUT2D eigenvalue weighted by Gasteiger charge is 2.41. The lowest BCUT2D eigenvalue weighted by Crippen LogP contribution is -2.43. The van der Waals surface area contributed by atoms with E-state index in [0.717, 1.165) is 18.0 Å². The monoisotopic (exact) mass is 538 g/mol. The summed E-state index contributed by atoms with van der Waals surface area (Å²) in [6.45, 7) is 5.65. The SMILES string of the molecule is CC(=O)OC(=O)CC(O)(CC(=O)O)C(=O)O.CCCCCCCCCCCC[N+](C)(C)Cc1ccccc1. The van der Waals surface area contributed by atoms with Gasteiger partial charge in [-0.05, 0) is 12.8 Å². The second-order valence-electron chi connectivity index (χ2n) is 10.5. The number of carbonyl (C=O) groups is 4. The topological polar surface area (TPSA) is 138 Å². The van der Waals surface area contributed by atoms with Crippen molar-refractivity contribution in [3.63, 3.8) is 0 Å². The summed E-state index contributed by atoms with van der Waals surface area (Å²) in [5.74, 6) is -5.76. The second kappa shape index (κ2) is 19.3. The maximum absolute atomic E-state index is 10.9. The van der Waals surface area contributed by atoms with Gasteiger partial charge >= 0.3 is 23.9 Å². The number of hydrogen-bond acceptors (Lipinski definition) is 6. The van der Waals surface area contributed by atoms with Crippen molar-refractivity contribution in [1.29, 1.82) is 0 Å². The molecule has 1 aromatic rings. The van der Waals surface area contributed by atoms with Crippen LogP contribution in [0.4, 0.5) is 0 Å². The van der Waals surface area contributed by atoms with Crippen molar-refractivity contribution in [2.45, 2.75) is 103 Å². The highest BCUT2D eigenvalue weighted by Crippen LogP contribution is 2.17. The minimum absolute atomic E-state index is 0.912. The van der Waals surface area contributed by atoms with Crippen LogP contribution in [0, 0.1) is 0 Å². The van der Waals surface area contributed by atoms with Crippen LogP contribution in [0.3, 0.4) is 0 Å². The van der Waals surface area contributed by atoms with E-state index in [9.17, 15) is 24.3 Å². The lowest BCUT2D eigenvalue weighted by molar-refractivity contribution is -0.903. The molecule has 0 aliphatic carbocycles. The van der Waals surface area contributed by atoms with Crippen LogP contribution < -0.4 is 0 Å². The highest BCUT2D eigenvalue weighted by molar-refractivity contribution is 5.91. The summed E-state index contributed by atoms with van der Waals surface area (Å²) < 4.78 is 5.10. The predicted molar refractivity (Wildman–Crippen MR) is 145 cm³/mol. The molecule has 0 heterocycles. The average molecular weight is 539 g/mol. The maximum Gasteiger partial charge on any atom is 0.336 e. The Labute approximate surface area is 227 Å². The molecule has 0 aliphatic heterocycles. The Balaban J connectivity index is 0.000000761. The number of rotatable bonds is 18. The number of esters is 2. The van der Waals surface area contributed by atoms with Crippen LogP contribution in [0.1, 0.15) is 96.5 Å². The zero-order chi connectivity index (χ0) is 29.0. The van der Waals surface area contributed by atoms with Crippen LogP contribution in [0.25, 0.3) is 0 Å². The molecule has 0 spiro atoms. The molecular formula is C29H48NO8+. The van der Waals surface area contributed by atoms with E-state index in [1.165, 1.54) is 76.3 Å². The van der Waals surface area contributed by atoms with Crippen LogP contribution in [-0.4, -0.2) is 69.9 Å². The van der Waals surface area contributed by atoms with E-state index >= 15 is 0 Å². The minimum Gasteiger partial charge on any atom is -0.481 e. The minimum atomic E-state index is -2.78. The van der Waals surface area contributed by atoms with Crippen molar-refractivity contribution in [3.8, 4) is 0 Å². The average Bonchev–Trinajstić information content (AvgIpc) is 2.79. The molecule has 216 valence electrons. The van der Waals surface area contributed by atoms with Crippen LogP contribution >= 0.6 is 0 Å². The predicted octanol–water partition coefficient (Wildman–Crippen LogP) is 4.94. The van der Waals surface area contributed by atoms with Crippen LogP contribution in [0.5, 0.6) is 0 Å². The fraction of sp³-hybridized carbons (Fsp3) is 0.655. The number of carbonyl (C=O) groups excluding carboxylic acids is 2. The van der Waals surface area contributed by atoms with Gasteiger partial charge in [-0.2, -0.15) is 0 Å². The summed E-state index contributed by atoms with van der Waals surface area (Å²) in [5.41, 5.74) is -1.32. The van der Waals surface area contributed by atoms with Gasteiger partial charge in [-0.25, -0.2) is 4.79 Å². The molecule has 0 radical (unpaired) electrons. The number of quaternary nitrogens is 1. The van der Waals surface area contributed by atoms with Gasteiger partial charge in [0, 0.05) is 12.5 Å². The molecular weight excluding hydrogens is 490 g/mol. The van der Waals surface area contributed by atoms with Crippen molar-refractivity contribution >= 4 is 23.9 Å². The van der Waals surface area contributed by atoms with E-state index in [4.69, 9.17) is 10.2 Å². The molecule has 1 unspecified atom stereocenters. The van der Waals surface area contributed by atoms with Crippen LogP contribution in [-0.2, 0) is 30.5 Å². The molecule has 0 saturated carbocycles. The molecule has 3 N–H and O–H groups in total. The Kier molecular flexibility index (Phi) is 17.9. The number of aliphatic hydroxyl groups is 1. The molecule has 38 heavy (non-hydrogen) atoms. The molecule has 0 bridgehead atoms. The number of carboxylic acids is 2. The molecule has 0 fully saturated rings. The fourth-order valence-corrected chi connectivity index (χ4v) is 4.08. The number of unbranched alkanes of at least 4 members (excludes halogenated alkanes) is 9. The molecule has 0 saturated heterocycles. The molecule has 0 amide bonds. The summed E-state index contributed by atoms with van der Waals surface area (Å²) in [5, 5.41) is 26.3. The molecule has 9 nitrogen and oxygen atoms in total. The first-order valence-electron chi connectivity index (χ1n) is 13.6. The zero-order valence-corrected chi connectivity index (χ0v) is 23.6. The van der Waals surface area contributed by atoms with E-state index < -0.39 is 42.3 Å². The van der Waals surface area contributed by atoms with Crippen molar-refractivity contribution in [3.05, 3.63) is 35.9 Å². The highest BCUT2D eigenvalue weighted by atomic mass is 16.6. The number of nitrogens with zero attached hydrogens (tertiary/aromatic N) is 1. The summed E-state index contributed by atoms with van der Waals surface area (Å²) in [6.07, 6.45) is 11.9. The van der Waals surface area contributed by atoms with Gasteiger partial charge in [-0.15, -0.1) is 0 Å². The van der Waals surface area contributed by atoms with E-state index in [2.05, 4.69) is 56.1 Å². The van der Waals surface area contributed by atoms with Gasteiger partial charge in [0.15, 0.2) is 5.60 Å². The molecule has 0 aromatic heterocycles. The summed E-state index contributed by atoms with van der Waals surface area (Å²) in [7, 11) is 4.72. The van der Waals surface area contributed by atoms with Crippen LogP contribution in [0.15, 0.2) is 30.3 Å². The first-order chi connectivity index (χ1) is 17.8. The Morgan fingerprint density at radius 3 is 1.76 bits per heavy atom. The van der Waals surface area contributed by atoms with Gasteiger partial charge in [0.1, 0.15) is 6.54 Å². The third-order valence-corrected chi connectivity index (χ3v) is 6.11. The molecule has 1 rings (SSSR count). The summed E-state index contributed by atoms with van der Waals surface area (Å²) >= 11 is 0. The van der Waals surface area contributed by atoms with Gasteiger partial charge in [0.25, 0.3) is 0 Å². The van der Waals surface area contributed by atoms with E-state index in [1.54, 1.807) is 0 Å². The lowest BCUT2D eigenvalue weighted by atomic mass is 9.96. The Hall–Kier alpha value is -2.78. The van der Waals surface area contributed by atoms with Crippen molar-refractivity contribution in [2.75, 3.05) is 20.6 Å². The van der Waals surface area contributed by atoms with E-state index in [0.29, 0.717) is 0 Å². The number of carboxylic acid groups (broad SMARTS) is 2. The maximum atomic E-state index is 10.9. The number of aliphatic carboxylic acids is 2. The Morgan fingerprint density at radius 1 is 0.816 bits per heavy atom. The van der Waals surface area contributed by atoms with Gasteiger partial charge in [-0.3, -0.25) is 14.4 Å². The second-order valence-corrected chi connectivity index (χ2v) is 10.5.